The van der Waals surface area contributed by atoms with Crippen molar-refractivity contribution in [3.63, 3.8) is 0 Å². The summed E-state index contributed by atoms with van der Waals surface area (Å²) < 4.78 is 53.7. The first-order valence-corrected chi connectivity index (χ1v) is 14.0. The standard InChI is InChI=1S/C30H30F3N7O4/c1-17(18-9-10-23-20(13-18)19-7-5-6-8-22(19)43-23)35-21-14-34-28(40(26(21)42)16-25(41)44-29(2,3)4)38-11-12-39-24(15-38)36-37-27(39)30(31,32)33/h5-10,13-14,17,35H,11-12,15-16H2,1-4H3/t17-/m0/s1. The van der Waals surface area contributed by atoms with Crippen LogP contribution >= 0.6 is 0 Å². The van der Waals surface area contributed by atoms with E-state index in [1.165, 1.54) is 10.8 Å². The highest BCUT2D eigenvalue weighted by atomic mass is 19.4. The van der Waals surface area contributed by atoms with Crippen LogP contribution in [-0.2, 0) is 35.3 Å². The summed E-state index contributed by atoms with van der Waals surface area (Å²) >= 11 is 0. The van der Waals surface area contributed by atoms with Gasteiger partial charge in [0, 0.05) is 29.9 Å². The van der Waals surface area contributed by atoms with E-state index >= 15 is 0 Å². The first-order chi connectivity index (χ1) is 20.8. The maximum absolute atomic E-state index is 13.9. The van der Waals surface area contributed by atoms with Crippen LogP contribution in [0.1, 0.15) is 50.9 Å². The Balaban J connectivity index is 1.32. The number of carbonyl (C=O) groups excluding carboxylic acids is 1. The third-order valence-corrected chi connectivity index (χ3v) is 7.30. The molecule has 4 heterocycles. The van der Waals surface area contributed by atoms with Gasteiger partial charge < -0.3 is 23.9 Å². The number of furan rings is 1. The van der Waals surface area contributed by atoms with Crippen LogP contribution in [0.15, 0.2) is 57.9 Å². The van der Waals surface area contributed by atoms with Gasteiger partial charge in [-0.15, -0.1) is 10.2 Å². The molecule has 14 heteroatoms. The Bertz CT molecular complexity index is 1940. The summed E-state index contributed by atoms with van der Waals surface area (Å²) in [6.07, 6.45) is -3.28. The third-order valence-electron chi connectivity index (χ3n) is 7.30. The van der Waals surface area contributed by atoms with Gasteiger partial charge in [-0.2, -0.15) is 13.2 Å². The van der Waals surface area contributed by atoms with E-state index in [0.29, 0.717) is 0 Å². The number of esters is 1. The quantitative estimate of drug-likeness (QED) is 0.256. The lowest BCUT2D eigenvalue weighted by Crippen LogP contribution is -2.41. The summed E-state index contributed by atoms with van der Waals surface area (Å²) in [5, 5.41) is 12.2. The van der Waals surface area contributed by atoms with Crippen LogP contribution in [0.4, 0.5) is 24.8 Å². The first kappa shape index (κ1) is 29.2. The fourth-order valence-electron chi connectivity index (χ4n) is 5.35. The Morgan fingerprint density at radius 2 is 1.82 bits per heavy atom. The zero-order valence-electron chi connectivity index (χ0n) is 24.5. The molecule has 230 valence electrons. The molecule has 0 aliphatic carbocycles. The number of hydrogen-bond acceptors (Lipinski definition) is 9. The molecule has 0 spiro atoms. The van der Waals surface area contributed by atoms with Gasteiger partial charge in [-0.25, -0.2) is 4.98 Å². The third kappa shape index (κ3) is 5.58. The molecule has 5 aromatic rings. The minimum absolute atomic E-state index is 0.0691. The van der Waals surface area contributed by atoms with Gasteiger partial charge >= 0.3 is 12.1 Å². The second-order valence-electron chi connectivity index (χ2n) is 11.7. The molecule has 44 heavy (non-hydrogen) atoms. The second kappa shape index (κ2) is 10.7. The highest BCUT2D eigenvalue weighted by Crippen LogP contribution is 2.32. The van der Waals surface area contributed by atoms with Crippen LogP contribution < -0.4 is 15.8 Å². The Morgan fingerprint density at radius 3 is 2.57 bits per heavy atom. The van der Waals surface area contributed by atoms with E-state index < -0.39 is 35.7 Å². The molecule has 1 atom stereocenters. The number of halogens is 3. The van der Waals surface area contributed by atoms with Crippen LogP contribution in [0, 0.1) is 0 Å². The van der Waals surface area contributed by atoms with Crippen LogP contribution in [-0.4, -0.2) is 42.4 Å². The van der Waals surface area contributed by atoms with Crippen molar-refractivity contribution in [1.82, 2.24) is 24.3 Å². The van der Waals surface area contributed by atoms with Crippen LogP contribution in [0.3, 0.4) is 0 Å². The van der Waals surface area contributed by atoms with E-state index in [0.717, 1.165) is 32.1 Å². The van der Waals surface area contributed by atoms with Gasteiger partial charge in [-0.1, -0.05) is 24.3 Å². The normalized spacial score (nSPS) is 14.6. The summed E-state index contributed by atoms with van der Waals surface area (Å²) in [7, 11) is 0. The van der Waals surface area contributed by atoms with Crippen molar-refractivity contribution in [2.45, 2.75) is 65.1 Å². The number of nitrogens with zero attached hydrogens (tertiary/aromatic N) is 6. The summed E-state index contributed by atoms with van der Waals surface area (Å²) in [5.74, 6) is -1.57. The lowest BCUT2D eigenvalue weighted by molar-refractivity contribution is -0.155. The Kier molecular flexibility index (Phi) is 7.09. The number of anilines is 2. The zero-order chi connectivity index (χ0) is 31.4. The highest BCUT2D eigenvalue weighted by molar-refractivity contribution is 6.05. The fourth-order valence-corrected chi connectivity index (χ4v) is 5.35. The molecule has 1 aliphatic rings. The Labute approximate surface area is 249 Å². The van der Waals surface area contributed by atoms with Crippen LogP contribution in [0.2, 0.25) is 0 Å². The number of hydrogen-bond donors (Lipinski definition) is 1. The number of rotatable bonds is 6. The molecule has 3 aromatic heterocycles. The molecule has 2 aromatic carbocycles. The first-order valence-electron chi connectivity index (χ1n) is 14.0. The number of para-hydroxylation sites is 1. The minimum atomic E-state index is -4.65. The summed E-state index contributed by atoms with van der Waals surface area (Å²) in [4.78, 5) is 32.8. The Morgan fingerprint density at radius 1 is 1.07 bits per heavy atom. The highest BCUT2D eigenvalue weighted by Gasteiger charge is 2.40. The minimum Gasteiger partial charge on any atom is -0.459 e. The lowest BCUT2D eigenvalue weighted by Gasteiger charge is -2.31. The number of carbonyl (C=O) groups is 1. The predicted octanol–water partition coefficient (Wildman–Crippen LogP) is 5.29. The molecule has 0 amide bonds. The van der Waals surface area contributed by atoms with Gasteiger partial charge in [0.15, 0.2) is 5.82 Å². The molecule has 1 aliphatic heterocycles. The monoisotopic (exact) mass is 609 g/mol. The summed E-state index contributed by atoms with van der Waals surface area (Å²) in [6, 6.07) is 13.2. The van der Waals surface area contributed by atoms with Gasteiger partial charge in [0.1, 0.15) is 29.0 Å². The molecule has 0 saturated heterocycles. The van der Waals surface area contributed by atoms with Gasteiger partial charge in [0.2, 0.25) is 11.8 Å². The van der Waals surface area contributed by atoms with Gasteiger partial charge in [0.05, 0.1) is 12.7 Å². The lowest BCUT2D eigenvalue weighted by atomic mass is 10.0. The van der Waals surface area contributed by atoms with E-state index in [9.17, 15) is 22.8 Å². The molecular weight excluding hydrogens is 579 g/mol. The van der Waals surface area contributed by atoms with Gasteiger partial charge in [-0.3, -0.25) is 14.2 Å². The number of aromatic nitrogens is 5. The predicted molar refractivity (Wildman–Crippen MR) is 156 cm³/mol. The average molecular weight is 610 g/mol. The summed E-state index contributed by atoms with van der Waals surface area (Å²) in [5.41, 5.74) is 1.21. The number of nitrogens with one attached hydrogen (secondary N) is 1. The molecular formula is C30H30F3N7O4. The van der Waals surface area contributed by atoms with Gasteiger partial charge in [-0.05, 0) is 51.5 Å². The van der Waals surface area contributed by atoms with Crippen molar-refractivity contribution < 1.29 is 27.1 Å². The Hall–Kier alpha value is -4.88. The number of fused-ring (bicyclic) bond motifs is 4. The zero-order valence-corrected chi connectivity index (χ0v) is 24.5. The van der Waals surface area contributed by atoms with Crippen molar-refractivity contribution in [2.24, 2.45) is 0 Å². The van der Waals surface area contributed by atoms with Crippen molar-refractivity contribution >= 4 is 39.5 Å². The molecule has 0 fully saturated rings. The van der Waals surface area contributed by atoms with E-state index in [1.54, 1.807) is 25.7 Å². The molecule has 0 saturated carbocycles. The van der Waals surface area contributed by atoms with Crippen molar-refractivity contribution in [3.8, 4) is 0 Å². The van der Waals surface area contributed by atoms with E-state index in [1.807, 2.05) is 49.4 Å². The number of alkyl halides is 3. The largest absolute Gasteiger partial charge is 0.459 e. The van der Waals surface area contributed by atoms with E-state index in [4.69, 9.17) is 9.15 Å². The molecule has 0 unspecified atom stereocenters. The molecule has 6 rings (SSSR count). The number of benzene rings is 2. The topological polar surface area (TPSA) is 120 Å². The van der Waals surface area contributed by atoms with Crippen LogP contribution in [0.25, 0.3) is 21.9 Å². The summed E-state index contributed by atoms with van der Waals surface area (Å²) in [6.45, 7) is 6.48. The maximum atomic E-state index is 13.9. The molecule has 0 radical (unpaired) electrons. The smallest absolute Gasteiger partial charge is 0.451 e. The van der Waals surface area contributed by atoms with E-state index in [-0.39, 0.29) is 43.1 Å². The average Bonchev–Trinajstić information content (AvgIpc) is 3.55. The SMILES string of the molecule is C[C@H](Nc1cnc(N2CCn3c(nnc3C(F)(F)F)C2)n(CC(=O)OC(C)(C)C)c1=O)c1ccc2oc3ccccc3c2c1. The maximum Gasteiger partial charge on any atom is 0.451 e. The van der Waals surface area contributed by atoms with Crippen LogP contribution in [0.5, 0.6) is 0 Å². The van der Waals surface area contributed by atoms with Crippen molar-refractivity contribution in [1.29, 1.82) is 0 Å². The van der Waals surface area contributed by atoms with Gasteiger partial charge in [0.25, 0.3) is 5.56 Å². The molecule has 11 nitrogen and oxygen atoms in total. The second-order valence-corrected chi connectivity index (χ2v) is 11.7. The molecule has 1 N–H and O–H groups in total. The molecule has 0 bridgehead atoms. The number of ether oxygens (including phenoxy) is 1. The van der Waals surface area contributed by atoms with Crippen molar-refractivity contribution in [2.75, 3.05) is 16.8 Å². The fraction of sp³-hybridized carbons (Fsp3) is 0.367. The van der Waals surface area contributed by atoms with E-state index in [2.05, 4.69) is 20.5 Å². The van der Waals surface area contributed by atoms with Crippen molar-refractivity contribution in [3.05, 3.63) is 76.2 Å².